The standard InChI is InChI=1S/C36H34Cl2FN5O4/c1-3-23(2)34(41-35(45)15-28-18-40-22-43(28)19-24-11-13-27(14-12-24)44(47)48)21-42(36(46)30-16-33(39)32(38)17-31(30)37)20-26-9-6-8-25-7-4-5-10-29(25)26/h4-14,16-18,22-23,34H,3,15,19-21H2,1-2H3,(H,41,45)/t23-,34+/m0/s1. The molecule has 1 N–H and O–H groups in total. The predicted octanol–water partition coefficient (Wildman–Crippen LogP) is 7.85. The molecule has 48 heavy (non-hydrogen) atoms. The van der Waals surface area contributed by atoms with Gasteiger partial charge in [-0.2, -0.15) is 0 Å². The van der Waals surface area contributed by atoms with E-state index in [0.29, 0.717) is 12.2 Å². The molecular formula is C36H34Cl2FN5O4. The van der Waals surface area contributed by atoms with E-state index in [2.05, 4.69) is 10.3 Å². The van der Waals surface area contributed by atoms with Gasteiger partial charge in [-0.25, -0.2) is 9.37 Å². The SMILES string of the molecule is CC[C@H](C)[C@@H](CN(Cc1cccc2ccccc12)C(=O)c1cc(F)c(Cl)cc1Cl)NC(=O)Cc1cncn1Cc1ccc([N+](=O)[O-])cc1. The van der Waals surface area contributed by atoms with Gasteiger partial charge in [-0.3, -0.25) is 19.7 Å². The lowest BCUT2D eigenvalue weighted by Crippen LogP contribution is -2.49. The Morgan fingerprint density at radius 3 is 2.50 bits per heavy atom. The first-order valence-corrected chi connectivity index (χ1v) is 16.2. The third-order valence-corrected chi connectivity index (χ3v) is 9.11. The lowest BCUT2D eigenvalue weighted by molar-refractivity contribution is -0.384. The number of carbonyl (C=O) groups is 2. The number of carbonyl (C=O) groups excluding carboxylic acids is 2. The van der Waals surface area contributed by atoms with Gasteiger partial charge in [0.2, 0.25) is 5.91 Å². The Labute approximate surface area is 287 Å². The van der Waals surface area contributed by atoms with Gasteiger partial charge in [0, 0.05) is 49.7 Å². The molecule has 1 heterocycles. The van der Waals surface area contributed by atoms with Gasteiger partial charge in [0.05, 0.1) is 33.3 Å². The molecule has 0 spiro atoms. The van der Waals surface area contributed by atoms with Crippen LogP contribution in [0.25, 0.3) is 10.8 Å². The molecule has 0 aliphatic heterocycles. The van der Waals surface area contributed by atoms with Crippen LogP contribution < -0.4 is 5.32 Å². The van der Waals surface area contributed by atoms with Crippen molar-refractivity contribution in [3.63, 3.8) is 0 Å². The average Bonchev–Trinajstić information content (AvgIpc) is 3.51. The van der Waals surface area contributed by atoms with E-state index in [1.807, 2.05) is 60.9 Å². The number of hydrogen-bond acceptors (Lipinski definition) is 5. The maximum atomic E-state index is 14.6. The Bertz CT molecular complexity index is 1940. The normalized spacial score (nSPS) is 12.4. The van der Waals surface area contributed by atoms with E-state index in [0.717, 1.165) is 34.4 Å². The molecule has 248 valence electrons. The highest BCUT2D eigenvalue weighted by atomic mass is 35.5. The van der Waals surface area contributed by atoms with Crippen LogP contribution in [0.4, 0.5) is 10.1 Å². The van der Waals surface area contributed by atoms with Crippen LogP contribution in [-0.4, -0.2) is 43.8 Å². The zero-order valence-electron chi connectivity index (χ0n) is 26.4. The molecule has 5 aromatic rings. The zero-order chi connectivity index (χ0) is 34.4. The summed E-state index contributed by atoms with van der Waals surface area (Å²) in [5, 5.41) is 16.0. The second-order valence-electron chi connectivity index (χ2n) is 11.7. The zero-order valence-corrected chi connectivity index (χ0v) is 27.9. The Morgan fingerprint density at radius 1 is 1.04 bits per heavy atom. The van der Waals surface area contributed by atoms with E-state index in [4.69, 9.17) is 23.2 Å². The highest BCUT2D eigenvalue weighted by Crippen LogP contribution is 2.28. The predicted molar refractivity (Wildman–Crippen MR) is 185 cm³/mol. The molecular weight excluding hydrogens is 656 g/mol. The third-order valence-electron chi connectivity index (χ3n) is 8.50. The van der Waals surface area contributed by atoms with Crippen molar-refractivity contribution in [3.05, 3.63) is 140 Å². The van der Waals surface area contributed by atoms with Crippen molar-refractivity contribution in [2.75, 3.05) is 6.54 Å². The summed E-state index contributed by atoms with van der Waals surface area (Å²) in [4.78, 5) is 44.0. The minimum absolute atomic E-state index is 0.00323. The molecule has 0 saturated heterocycles. The molecule has 12 heteroatoms. The Morgan fingerprint density at radius 2 is 1.77 bits per heavy atom. The molecule has 2 amide bonds. The summed E-state index contributed by atoms with van der Waals surface area (Å²) in [5.74, 6) is -1.54. The minimum atomic E-state index is -0.758. The van der Waals surface area contributed by atoms with Gasteiger partial charge < -0.3 is 14.8 Å². The Kier molecular flexibility index (Phi) is 11.1. The van der Waals surface area contributed by atoms with Crippen LogP contribution in [0.3, 0.4) is 0 Å². The quantitative estimate of drug-likeness (QED) is 0.0769. The second kappa shape index (κ2) is 15.4. The molecule has 0 radical (unpaired) electrons. The van der Waals surface area contributed by atoms with Crippen molar-refractivity contribution in [2.24, 2.45) is 5.92 Å². The monoisotopic (exact) mass is 689 g/mol. The first-order valence-electron chi connectivity index (χ1n) is 15.5. The molecule has 0 saturated carbocycles. The molecule has 2 atom stereocenters. The van der Waals surface area contributed by atoms with Gasteiger partial charge in [-0.05, 0) is 39.9 Å². The number of fused-ring (bicyclic) bond motifs is 1. The van der Waals surface area contributed by atoms with E-state index < -0.39 is 22.7 Å². The highest BCUT2D eigenvalue weighted by Gasteiger charge is 2.28. The summed E-state index contributed by atoms with van der Waals surface area (Å²) >= 11 is 12.4. The number of non-ortho nitro benzene ring substituents is 1. The number of rotatable bonds is 13. The summed E-state index contributed by atoms with van der Waals surface area (Å²) in [6, 6.07) is 21.7. The van der Waals surface area contributed by atoms with Crippen molar-refractivity contribution >= 4 is 51.5 Å². The summed E-state index contributed by atoms with van der Waals surface area (Å²) in [5.41, 5.74) is 2.33. The van der Waals surface area contributed by atoms with Crippen molar-refractivity contribution in [1.82, 2.24) is 19.8 Å². The van der Waals surface area contributed by atoms with E-state index in [-0.39, 0.29) is 52.6 Å². The van der Waals surface area contributed by atoms with Crippen LogP contribution >= 0.6 is 23.2 Å². The van der Waals surface area contributed by atoms with Crippen molar-refractivity contribution in [1.29, 1.82) is 0 Å². The summed E-state index contributed by atoms with van der Waals surface area (Å²) in [7, 11) is 0. The minimum Gasteiger partial charge on any atom is -0.351 e. The summed E-state index contributed by atoms with van der Waals surface area (Å²) in [6.07, 6.45) is 3.95. The number of benzene rings is 4. The van der Waals surface area contributed by atoms with Crippen molar-refractivity contribution < 1.29 is 18.9 Å². The number of nitrogens with zero attached hydrogens (tertiary/aromatic N) is 4. The van der Waals surface area contributed by atoms with Crippen LogP contribution in [0, 0.1) is 21.8 Å². The maximum absolute atomic E-state index is 14.6. The fourth-order valence-electron chi connectivity index (χ4n) is 5.58. The lowest BCUT2D eigenvalue weighted by Gasteiger charge is -2.32. The number of halogens is 3. The molecule has 0 bridgehead atoms. The molecule has 0 unspecified atom stereocenters. The van der Waals surface area contributed by atoms with Crippen molar-refractivity contribution in [3.8, 4) is 0 Å². The molecule has 4 aromatic carbocycles. The van der Waals surface area contributed by atoms with Crippen LogP contribution in [0.5, 0.6) is 0 Å². The maximum Gasteiger partial charge on any atom is 0.269 e. The average molecular weight is 691 g/mol. The van der Waals surface area contributed by atoms with Crippen molar-refractivity contribution in [2.45, 2.75) is 45.8 Å². The largest absolute Gasteiger partial charge is 0.351 e. The van der Waals surface area contributed by atoms with E-state index in [1.54, 1.807) is 29.6 Å². The van der Waals surface area contributed by atoms with E-state index >= 15 is 0 Å². The van der Waals surface area contributed by atoms with E-state index in [9.17, 15) is 24.1 Å². The molecule has 0 aliphatic rings. The molecule has 9 nitrogen and oxygen atoms in total. The highest BCUT2D eigenvalue weighted by molar-refractivity contribution is 6.36. The molecule has 0 fully saturated rings. The molecule has 1 aromatic heterocycles. The first-order chi connectivity index (χ1) is 23.0. The van der Waals surface area contributed by atoms with Crippen LogP contribution in [0.15, 0.2) is 91.4 Å². The smallest absolute Gasteiger partial charge is 0.269 e. The van der Waals surface area contributed by atoms with Crippen LogP contribution in [0.1, 0.15) is 47.4 Å². The topological polar surface area (TPSA) is 110 Å². The third kappa shape index (κ3) is 8.18. The van der Waals surface area contributed by atoms with Gasteiger partial charge in [-0.1, -0.05) is 98.1 Å². The van der Waals surface area contributed by atoms with Crippen LogP contribution in [-0.2, 0) is 24.3 Å². The molecule has 0 aliphatic carbocycles. The number of amides is 2. The first kappa shape index (κ1) is 34.5. The number of hydrogen-bond donors (Lipinski definition) is 1. The van der Waals surface area contributed by atoms with Crippen LogP contribution in [0.2, 0.25) is 10.0 Å². The van der Waals surface area contributed by atoms with E-state index in [1.165, 1.54) is 18.2 Å². The van der Waals surface area contributed by atoms with Gasteiger partial charge in [0.25, 0.3) is 11.6 Å². The van der Waals surface area contributed by atoms with Gasteiger partial charge in [0.15, 0.2) is 0 Å². The van der Waals surface area contributed by atoms with Gasteiger partial charge in [0.1, 0.15) is 5.82 Å². The second-order valence-corrected chi connectivity index (χ2v) is 12.6. The molecule has 5 rings (SSSR count). The Balaban J connectivity index is 1.39. The number of imidazole rings is 1. The number of aromatic nitrogens is 2. The lowest BCUT2D eigenvalue weighted by atomic mass is 9.97. The number of nitro benzene ring substituents is 1. The van der Waals surface area contributed by atoms with Gasteiger partial charge in [-0.15, -0.1) is 0 Å². The fraction of sp³-hybridized carbons (Fsp3) is 0.250. The Hall–Kier alpha value is -4.80. The number of nitro groups is 1. The fourth-order valence-corrected chi connectivity index (χ4v) is 6.05. The summed E-state index contributed by atoms with van der Waals surface area (Å²) < 4.78 is 16.4. The van der Waals surface area contributed by atoms with Gasteiger partial charge >= 0.3 is 0 Å². The number of nitrogens with one attached hydrogen (secondary N) is 1. The summed E-state index contributed by atoms with van der Waals surface area (Å²) in [6.45, 7) is 4.70.